The van der Waals surface area contributed by atoms with Crippen molar-refractivity contribution in [3.05, 3.63) is 27.1 Å². The number of nitrogens with one attached hydrogen (secondary N) is 1. The molecule has 1 aromatic carbocycles. The van der Waals surface area contributed by atoms with Crippen LogP contribution in [-0.2, 0) is 10.0 Å². The Morgan fingerprint density at radius 2 is 2.05 bits per heavy atom. The summed E-state index contributed by atoms with van der Waals surface area (Å²) in [6.45, 7) is 2.38. The van der Waals surface area contributed by atoms with Crippen LogP contribution < -0.4 is 4.72 Å². The molecule has 0 amide bonds. The largest absolute Gasteiger partial charge is 0.396 e. The van der Waals surface area contributed by atoms with Crippen molar-refractivity contribution in [3.63, 3.8) is 0 Å². The lowest BCUT2D eigenvalue weighted by molar-refractivity contribution is 0.254. The number of aliphatic hydroxyl groups excluding tert-OH is 1. The van der Waals surface area contributed by atoms with Crippen LogP contribution in [0.4, 0.5) is 0 Å². The molecule has 0 fully saturated rings. The van der Waals surface area contributed by atoms with E-state index in [1.54, 1.807) is 18.2 Å². The molecule has 0 aliphatic heterocycles. The third-order valence-electron chi connectivity index (χ3n) is 2.86. The number of rotatable bonds is 7. The molecule has 19 heavy (non-hydrogen) atoms. The molecule has 0 heterocycles. The molecule has 1 atom stereocenters. The van der Waals surface area contributed by atoms with Gasteiger partial charge in [-0.15, -0.1) is 0 Å². The minimum atomic E-state index is -3.55. The van der Waals surface area contributed by atoms with Gasteiger partial charge in [-0.2, -0.15) is 0 Å². The molecule has 7 heteroatoms. The highest BCUT2D eigenvalue weighted by Crippen LogP contribution is 2.25. The van der Waals surface area contributed by atoms with Gasteiger partial charge in [-0.1, -0.05) is 29.3 Å². The normalized spacial score (nSPS) is 13.5. The molecule has 2 N–H and O–H groups in total. The van der Waals surface area contributed by atoms with Crippen LogP contribution >= 0.6 is 31.9 Å². The van der Waals surface area contributed by atoms with Crippen LogP contribution in [0.25, 0.3) is 0 Å². The molecule has 0 radical (unpaired) electrons. The van der Waals surface area contributed by atoms with Gasteiger partial charge in [-0.3, -0.25) is 0 Å². The van der Waals surface area contributed by atoms with E-state index in [0.717, 1.165) is 6.42 Å². The van der Waals surface area contributed by atoms with Crippen molar-refractivity contribution in [1.29, 1.82) is 0 Å². The molecule has 0 aromatic heterocycles. The Kier molecular flexibility index (Phi) is 6.96. The smallest absolute Gasteiger partial charge is 0.241 e. The number of hydrogen-bond donors (Lipinski definition) is 2. The third-order valence-corrected chi connectivity index (χ3v) is 5.77. The molecule has 108 valence electrons. The van der Waals surface area contributed by atoms with Crippen LogP contribution in [0.5, 0.6) is 0 Å². The first kappa shape index (κ1) is 17.1. The maximum absolute atomic E-state index is 12.2. The zero-order valence-corrected chi connectivity index (χ0v) is 14.6. The highest BCUT2D eigenvalue weighted by molar-refractivity contribution is 9.11. The number of sulfonamides is 1. The molecule has 0 aliphatic rings. The monoisotopic (exact) mass is 413 g/mol. The molecular weight excluding hydrogens is 398 g/mol. The van der Waals surface area contributed by atoms with Gasteiger partial charge in [0.15, 0.2) is 0 Å². The summed E-state index contributed by atoms with van der Waals surface area (Å²) in [4.78, 5) is 0.209. The van der Waals surface area contributed by atoms with Crippen molar-refractivity contribution >= 4 is 41.9 Å². The van der Waals surface area contributed by atoms with Gasteiger partial charge in [0.05, 0.1) is 4.90 Å². The lowest BCUT2D eigenvalue weighted by atomic mass is 10.0. The minimum Gasteiger partial charge on any atom is -0.396 e. The topological polar surface area (TPSA) is 66.4 Å². The summed E-state index contributed by atoms with van der Waals surface area (Å²) in [5.41, 5.74) is 0. The van der Waals surface area contributed by atoms with Crippen molar-refractivity contribution in [2.45, 2.75) is 24.7 Å². The highest BCUT2D eigenvalue weighted by Gasteiger charge is 2.19. The van der Waals surface area contributed by atoms with Crippen LogP contribution in [0.3, 0.4) is 0 Å². The summed E-state index contributed by atoms with van der Waals surface area (Å²) in [5, 5.41) is 8.90. The second-order valence-electron chi connectivity index (χ2n) is 4.21. The molecule has 0 saturated carbocycles. The summed E-state index contributed by atoms with van der Waals surface area (Å²) >= 11 is 6.50. The van der Waals surface area contributed by atoms with Crippen LogP contribution in [0.15, 0.2) is 32.0 Å². The summed E-state index contributed by atoms with van der Waals surface area (Å²) < 4.78 is 28.2. The van der Waals surface area contributed by atoms with E-state index in [1.807, 2.05) is 6.92 Å². The number of aliphatic hydroxyl groups is 1. The maximum atomic E-state index is 12.2. The van der Waals surface area contributed by atoms with Gasteiger partial charge in [0.25, 0.3) is 0 Å². The van der Waals surface area contributed by atoms with E-state index >= 15 is 0 Å². The molecule has 0 aliphatic carbocycles. The quantitative estimate of drug-likeness (QED) is 0.720. The standard InChI is InChI=1S/C12H17Br2NO3S/c1-2-9(5-6-16)8-15-19(17,18)12-7-10(13)3-4-11(12)14/h3-4,7,9,15-16H,2,5-6,8H2,1H3. The fraction of sp³-hybridized carbons (Fsp3) is 0.500. The van der Waals surface area contributed by atoms with Crippen LogP contribution in [-0.4, -0.2) is 26.7 Å². The zero-order chi connectivity index (χ0) is 14.5. The number of halogens is 2. The predicted molar refractivity (Wildman–Crippen MR) is 82.5 cm³/mol. The minimum absolute atomic E-state index is 0.0703. The van der Waals surface area contributed by atoms with Crippen molar-refractivity contribution < 1.29 is 13.5 Å². The molecule has 0 saturated heterocycles. The Morgan fingerprint density at radius 3 is 2.63 bits per heavy atom. The SMILES string of the molecule is CCC(CCO)CNS(=O)(=O)c1cc(Br)ccc1Br. The average Bonchev–Trinajstić information content (AvgIpc) is 2.37. The molecule has 1 rings (SSSR count). The Labute approximate surface area is 130 Å². The second kappa shape index (κ2) is 7.73. The molecule has 1 aromatic rings. The van der Waals surface area contributed by atoms with Crippen molar-refractivity contribution in [1.82, 2.24) is 4.72 Å². The first-order chi connectivity index (χ1) is 8.90. The summed E-state index contributed by atoms with van der Waals surface area (Å²) in [6.07, 6.45) is 1.42. The van der Waals surface area contributed by atoms with E-state index in [9.17, 15) is 8.42 Å². The van der Waals surface area contributed by atoms with E-state index in [-0.39, 0.29) is 17.4 Å². The average molecular weight is 415 g/mol. The summed E-state index contributed by atoms with van der Waals surface area (Å²) in [7, 11) is -3.55. The summed E-state index contributed by atoms with van der Waals surface area (Å²) in [5.74, 6) is 0.144. The van der Waals surface area contributed by atoms with Crippen molar-refractivity contribution in [2.24, 2.45) is 5.92 Å². The highest BCUT2D eigenvalue weighted by atomic mass is 79.9. The fourth-order valence-corrected chi connectivity index (χ4v) is 4.24. The van der Waals surface area contributed by atoms with E-state index < -0.39 is 10.0 Å². The van der Waals surface area contributed by atoms with Crippen LogP contribution in [0, 0.1) is 5.92 Å². The lowest BCUT2D eigenvalue weighted by Crippen LogP contribution is -2.30. The zero-order valence-electron chi connectivity index (χ0n) is 10.6. The third kappa shape index (κ3) is 5.15. The molecule has 4 nitrogen and oxygen atoms in total. The molecule has 1 unspecified atom stereocenters. The molecular formula is C12H17Br2NO3S. The first-order valence-electron chi connectivity index (χ1n) is 5.96. The number of hydrogen-bond acceptors (Lipinski definition) is 3. The Balaban J connectivity index is 2.83. The van der Waals surface area contributed by atoms with Crippen LogP contribution in [0.1, 0.15) is 19.8 Å². The van der Waals surface area contributed by atoms with E-state index in [2.05, 4.69) is 36.6 Å². The predicted octanol–water partition coefficient (Wildman–Crippen LogP) is 2.90. The van der Waals surface area contributed by atoms with Gasteiger partial charge in [-0.05, 0) is 46.5 Å². The van der Waals surface area contributed by atoms with Gasteiger partial charge < -0.3 is 5.11 Å². The van der Waals surface area contributed by atoms with Gasteiger partial charge >= 0.3 is 0 Å². The second-order valence-corrected chi connectivity index (χ2v) is 7.72. The lowest BCUT2D eigenvalue weighted by Gasteiger charge is -2.15. The van der Waals surface area contributed by atoms with Crippen LogP contribution in [0.2, 0.25) is 0 Å². The Hall–Kier alpha value is 0.0500. The molecule has 0 spiro atoms. The van der Waals surface area contributed by atoms with Gasteiger partial charge in [0.2, 0.25) is 10.0 Å². The Bertz CT molecular complexity index is 520. The summed E-state index contributed by atoms with van der Waals surface area (Å²) in [6, 6.07) is 5.01. The van der Waals surface area contributed by atoms with Gasteiger partial charge in [0, 0.05) is 22.1 Å². The van der Waals surface area contributed by atoms with E-state index in [1.165, 1.54) is 0 Å². The van der Waals surface area contributed by atoms with Crippen molar-refractivity contribution in [2.75, 3.05) is 13.2 Å². The van der Waals surface area contributed by atoms with Crippen molar-refractivity contribution in [3.8, 4) is 0 Å². The van der Waals surface area contributed by atoms with Gasteiger partial charge in [0.1, 0.15) is 0 Å². The van der Waals surface area contributed by atoms with Gasteiger partial charge in [-0.25, -0.2) is 13.1 Å². The van der Waals surface area contributed by atoms with E-state index in [4.69, 9.17) is 5.11 Å². The number of benzene rings is 1. The Morgan fingerprint density at radius 1 is 1.37 bits per heavy atom. The maximum Gasteiger partial charge on any atom is 0.241 e. The molecule has 0 bridgehead atoms. The first-order valence-corrected chi connectivity index (χ1v) is 9.03. The fourth-order valence-electron chi connectivity index (χ4n) is 1.62. The van der Waals surface area contributed by atoms with E-state index in [0.29, 0.717) is 21.9 Å².